The van der Waals surface area contributed by atoms with Gasteiger partial charge in [-0.3, -0.25) is 0 Å². The Hall–Kier alpha value is -5.54. The highest BCUT2D eigenvalue weighted by atomic mass is 16.5. The maximum atomic E-state index is 6.97. The molecule has 0 atom stereocenters. The van der Waals surface area contributed by atoms with Crippen LogP contribution in [0.2, 0.25) is 0 Å². The van der Waals surface area contributed by atoms with E-state index < -0.39 is 0 Å². The number of hydrogen-bond donors (Lipinski definition) is 0. The molecule has 0 fully saturated rings. The van der Waals surface area contributed by atoms with Gasteiger partial charge in [-0.05, 0) is 116 Å². The molecule has 4 aliphatic rings. The van der Waals surface area contributed by atoms with Crippen molar-refractivity contribution < 1.29 is 4.74 Å². The first-order valence-corrected chi connectivity index (χ1v) is 21.4. The summed E-state index contributed by atoms with van der Waals surface area (Å²) in [4.78, 5) is 2.49. The average Bonchev–Trinajstić information content (AvgIpc) is 3.53. The molecule has 0 unspecified atom stereocenters. The first kappa shape index (κ1) is 37.1. The van der Waals surface area contributed by atoms with E-state index in [0.717, 1.165) is 30.0 Å². The molecule has 2 nitrogen and oxygen atoms in total. The van der Waals surface area contributed by atoms with Gasteiger partial charge in [-0.1, -0.05) is 170 Å². The first-order chi connectivity index (χ1) is 27.8. The quantitative estimate of drug-likeness (QED) is 0.163. The SMILES string of the molecule is CC.CC(C)c1cc(C(C)C)c(B2c3ccccc3Oc3cc(N4c5ccccc5C5(C6=C(CCC=C6)c6ccccc65)c5ccccc54)ccc32)c(C(C)C)c1. The third kappa shape index (κ3) is 5.53. The van der Waals surface area contributed by atoms with Crippen LogP contribution in [0.25, 0.3) is 5.57 Å². The summed E-state index contributed by atoms with van der Waals surface area (Å²) < 4.78 is 6.97. The lowest BCUT2D eigenvalue weighted by molar-refractivity contribution is 0.487. The van der Waals surface area contributed by atoms with E-state index >= 15 is 0 Å². The number of rotatable bonds is 5. The summed E-state index contributed by atoms with van der Waals surface area (Å²) in [5.74, 6) is 3.10. The van der Waals surface area contributed by atoms with E-state index in [1.165, 1.54) is 77.9 Å². The van der Waals surface area contributed by atoms with E-state index in [2.05, 4.69) is 186 Å². The van der Waals surface area contributed by atoms with Crippen LogP contribution in [0, 0.1) is 0 Å². The van der Waals surface area contributed by atoms with Gasteiger partial charge in [0.25, 0.3) is 6.71 Å². The second-order valence-electron chi connectivity index (χ2n) is 16.9. The van der Waals surface area contributed by atoms with Crippen molar-refractivity contribution in [2.45, 2.75) is 91.4 Å². The molecule has 0 amide bonds. The highest BCUT2D eigenvalue weighted by Gasteiger charge is 2.52. The van der Waals surface area contributed by atoms with Gasteiger partial charge in [0.1, 0.15) is 11.5 Å². The molecular weight excluding hydrogens is 689 g/mol. The minimum absolute atomic E-state index is 0.0626. The molecule has 6 aromatic rings. The number of fused-ring (bicyclic) bond motifs is 10. The predicted molar refractivity (Wildman–Crippen MR) is 244 cm³/mol. The Morgan fingerprint density at radius 2 is 1.18 bits per heavy atom. The fourth-order valence-electron chi connectivity index (χ4n) is 10.4. The van der Waals surface area contributed by atoms with Gasteiger partial charge >= 0.3 is 0 Å². The Morgan fingerprint density at radius 1 is 0.596 bits per heavy atom. The Morgan fingerprint density at radius 3 is 1.82 bits per heavy atom. The fraction of sp³-hybridized carbons (Fsp3) is 0.259. The number of nitrogens with zero attached hydrogens (tertiary/aromatic N) is 1. The first-order valence-electron chi connectivity index (χ1n) is 21.4. The van der Waals surface area contributed by atoms with Gasteiger partial charge in [0, 0.05) is 11.8 Å². The van der Waals surface area contributed by atoms with Gasteiger partial charge in [0.2, 0.25) is 0 Å². The van der Waals surface area contributed by atoms with E-state index in [9.17, 15) is 0 Å². The van der Waals surface area contributed by atoms with Crippen molar-refractivity contribution in [3.63, 3.8) is 0 Å². The maximum absolute atomic E-state index is 6.97. The van der Waals surface area contributed by atoms with E-state index in [-0.39, 0.29) is 12.1 Å². The molecule has 2 heterocycles. The number of benzene rings is 6. The van der Waals surface area contributed by atoms with Crippen molar-refractivity contribution in [2.24, 2.45) is 0 Å². The van der Waals surface area contributed by atoms with Crippen LogP contribution in [0.1, 0.15) is 125 Å². The highest BCUT2D eigenvalue weighted by molar-refractivity contribution is 6.97. The number of para-hydroxylation sites is 3. The number of ether oxygens (including phenoxy) is 1. The Kier molecular flexibility index (Phi) is 9.39. The van der Waals surface area contributed by atoms with E-state index in [4.69, 9.17) is 4.74 Å². The summed E-state index contributed by atoms with van der Waals surface area (Å²) in [6, 6.07) is 48.1. The molecule has 2 aliphatic heterocycles. The van der Waals surface area contributed by atoms with Crippen molar-refractivity contribution >= 4 is 45.7 Å². The molecule has 0 saturated heterocycles. The molecule has 1 spiro atoms. The molecule has 0 saturated carbocycles. The van der Waals surface area contributed by atoms with E-state index in [1.807, 2.05) is 13.8 Å². The molecule has 3 heteroatoms. The van der Waals surface area contributed by atoms with Crippen LogP contribution in [0.4, 0.5) is 17.1 Å². The van der Waals surface area contributed by atoms with Gasteiger partial charge in [-0.2, -0.15) is 0 Å². The van der Waals surface area contributed by atoms with Crippen LogP contribution < -0.4 is 26.0 Å². The van der Waals surface area contributed by atoms with Crippen LogP contribution in [-0.2, 0) is 5.41 Å². The third-order valence-electron chi connectivity index (χ3n) is 12.8. The van der Waals surface area contributed by atoms with Crippen molar-refractivity contribution in [3.05, 3.63) is 184 Å². The Bertz CT molecular complexity index is 2510. The summed E-state index contributed by atoms with van der Waals surface area (Å²) >= 11 is 0. The molecule has 2 aliphatic carbocycles. The summed E-state index contributed by atoms with van der Waals surface area (Å²) in [6.07, 6.45) is 6.96. The average molecular weight is 744 g/mol. The van der Waals surface area contributed by atoms with Crippen molar-refractivity contribution in [3.8, 4) is 11.5 Å². The zero-order valence-electron chi connectivity index (χ0n) is 34.9. The van der Waals surface area contributed by atoms with E-state index in [0.29, 0.717) is 17.8 Å². The molecule has 6 aromatic carbocycles. The van der Waals surface area contributed by atoms with Gasteiger partial charge in [0.05, 0.1) is 16.8 Å². The number of anilines is 3. The fourth-order valence-corrected chi connectivity index (χ4v) is 10.4. The molecule has 284 valence electrons. The van der Waals surface area contributed by atoms with Crippen LogP contribution in [0.3, 0.4) is 0 Å². The standard InChI is InChI=1S/C52H48BNO.C2H6/c1-32(2)35-29-39(33(3)4)51(40(30-35)34(5)6)53-45-23-13-16-26-49(45)55-50-31-36(27-28-46(50)53)54-47-24-14-11-21-43(47)52(44-22-12-15-25-48(44)54)41-19-9-7-17-37(41)38-18-8-10-20-42(38)52;1-2/h7,9-17,19-34H,8,18H2,1-6H3;1-2H3. The molecule has 0 aromatic heterocycles. The Balaban J connectivity index is 0.00000208. The minimum atomic E-state index is -0.385. The monoisotopic (exact) mass is 743 g/mol. The van der Waals surface area contributed by atoms with Crippen molar-refractivity contribution in [1.29, 1.82) is 0 Å². The smallest absolute Gasteiger partial charge is 0.251 e. The zero-order chi connectivity index (χ0) is 39.6. The van der Waals surface area contributed by atoms with Crippen molar-refractivity contribution in [1.82, 2.24) is 0 Å². The second-order valence-corrected chi connectivity index (χ2v) is 16.9. The van der Waals surface area contributed by atoms with Crippen LogP contribution in [0.15, 0.2) is 145 Å². The zero-order valence-corrected chi connectivity index (χ0v) is 34.9. The number of hydrogen-bond acceptors (Lipinski definition) is 2. The lowest BCUT2D eigenvalue weighted by atomic mass is 9.34. The molecular formula is C54H54BNO. The summed E-state index contributed by atoms with van der Waals surface area (Å²) in [5, 5.41) is 0. The number of allylic oxidation sites excluding steroid dienone is 4. The maximum Gasteiger partial charge on any atom is 0.251 e. The molecule has 57 heavy (non-hydrogen) atoms. The minimum Gasteiger partial charge on any atom is -0.458 e. The van der Waals surface area contributed by atoms with Crippen molar-refractivity contribution in [2.75, 3.05) is 4.90 Å². The van der Waals surface area contributed by atoms with Gasteiger partial charge in [-0.15, -0.1) is 0 Å². The topological polar surface area (TPSA) is 12.5 Å². The lowest BCUT2D eigenvalue weighted by Gasteiger charge is -2.46. The van der Waals surface area contributed by atoms with Gasteiger partial charge < -0.3 is 9.64 Å². The highest BCUT2D eigenvalue weighted by Crippen LogP contribution is 2.63. The predicted octanol–water partition coefficient (Wildman–Crippen LogP) is 12.9. The van der Waals surface area contributed by atoms with Gasteiger partial charge in [0.15, 0.2) is 0 Å². The molecule has 10 rings (SSSR count). The summed E-state index contributed by atoms with van der Waals surface area (Å²) in [6.45, 7) is 18.1. The third-order valence-corrected chi connectivity index (χ3v) is 12.8. The molecule has 0 radical (unpaired) electrons. The summed E-state index contributed by atoms with van der Waals surface area (Å²) in [5.41, 5.74) is 19.7. The van der Waals surface area contributed by atoms with Crippen LogP contribution in [0.5, 0.6) is 11.5 Å². The van der Waals surface area contributed by atoms with Crippen LogP contribution in [-0.4, -0.2) is 6.71 Å². The van der Waals surface area contributed by atoms with Crippen LogP contribution >= 0.6 is 0 Å². The normalized spacial score (nSPS) is 15.4. The second kappa shape index (κ2) is 14.4. The van der Waals surface area contributed by atoms with E-state index in [1.54, 1.807) is 0 Å². The lowest BCUT2D eigenvalue weighted by Crippen LogP contribution is -2.57. The molecule has 0 bridgehead atoms. The summed E-state index contributed by atoms with van der Waals surface area (Å²) in [7, 11) is 0. The Labute approximate surface area is 341 Å². The van der Waals surface area contributed by atoms with Gasteiger partial charge in [-0.25, -0.2) is 0 Å². The largest absolute Gasteiger partial charge is 0.458 e. The molecule has 0 N–H and O–H groups in total.